The first-order valence-electron chi connectivity index (χ1n) is 3.45. The summed E-state index contributed by atoms with van der Waals surface area (Å²) < 4.78 is 22.4. The molecule has 2 atom stereocenters. The number of esters is 1. The Hall–Kier alpha value is -0.640. The van der Waals surface area contributed by atoms with Crippen molar-refractivity contribution in [2.45, 2.75) is 25.1 Å². The zero-order chi connectivity index (χ0) is 8.48. The van der Waals surface area contributed by atoms with E-state index in [1.54, 1.807) is 0 Å². The van der Waals surface area contributed by atoms with Gasteiger partial charge in [0.15, 0.2) is 0 Å². The maximum Gasteiger partial charge on any atom is 0.344 e. The molecule has 0 spiro atoms. The van der Waals surface area contributed by atoms with Crippen molar-refractivity contribution >= 4 is 5.97 Å². The lowest BCUT2D eigenvalue weighted by molar-refractivity contribution is -0.150. The summed E-state index contributed by atoms with van der Waals surface area (Å²) in [5.41, 5.74) is -1.82. The van der Waals surface area contributed by atoms with Crippen LogP contribution in [0.5, 0.6) is 0 Å². The van der Waals surface area contributed by atoms with Crippen LogP contribution in [0.15, 0.2) is 0 Å². The predicted octanol–water partition coefficient (Wildman–Crippen LogP) is 0.677. The van der Waals surface area contributed by atoms with Crippen LogP contribution in [0, 0.1) is 0 Å². The fourth-order valence-electron chi connectivity index (χ4n) is 1.11. The first kappa shape index (κ1) is 8.46. The number of hydrogen-bond acceptors (Lipinski definition) is 3. The molecule has 0 radical (unpaired) electrons. The Labute approximate surface area is 64.5 Å². The van der Waals surface area contributed by atoms with Crippen LogP contribution in [0.3, 0.4) is 0 Å². The van der Waals surface area contributed by atoms with E-state index in [9.17, 15) is 9.18 Å². The second-order valence-electron chi connectivity index (χ2n) is 2.88. The van der Waals surface area contributed by atoms with Gasteiger partial charge in [-0.2, -0.15) is 0 Å². The topological polar surface area (TPSA) is 35.5 Å². The second kappa shape index (κ2) is 2.77. The van der Waals surface area contributed by atoms with Crippen molar-refractivity contribution in [2.24, 2.45) is 0 Å². The van der Waals surface area contributed by atoms with Crippen LogP contribution < -0.4 is 0 Å². The monoisotopic (exact) mass is 162 g/mol. The number of halogens is 1. The molecular weight excluding hydrogens is 151 g/mol. The van der Waals surface area contributed by atoms with Gasteiger partial charge in [-0.25, -0.2) is 9.18 Å². The van der Waals surface area contributed by atoms with Crippen LogP contribution in [0.2, 0.25) is 0 Å². The molecule has 4 heteroatoms. The van der Waals surface area contributed by atoms with Crippen molar-refractivity contribution in [1.82, 2.24) is 0 Å². The number of hydrogen-bond donors (Lipinski definition) is 0. The van der Waals surface area contributed by atoms with Gasteiger partial charge < -0.3 is 9.47 Å². The summed E-state index contributed by atoms with van der Waals surface area (Å²) in [7, 11) is 1.49. The largest absolute Gasteiger partial charge is 0.457 e. The zero-order valence-electron chi connectivity index (χ0n) is 6.59. The minimum absolute atomic E-state index is 0.0969. The van der Waals surface area contributed by atoms with E-state index in [1.807, 2.05) is 0 Å². The molecular formula is C7H11FO3. The maximum atomic E-state index is 13.0. The molecule has 1 unspecified atom stereocenters. The van der Waals surface area contributed by atoms with Gasteiger partial charge in [-0.3, -0.25) is 0 Å². The van der Waals surface area contributed by atoms with Crippen molar-refractivity contribution in [3.05, 3.63) is 0 Å². The highest BCUT2D eigenvalue weighted by Gasteiger charge is 2.45. The Morgan fingerprint density at radius 1 is 1.91 bits per heavy atom. The summed E-state index contributed by atoms with van der Waals surface area (Å²) in [4.78, 5) is 10.7. The van der Waals surface area contributed by atoms with Gasteiger partial charge in [0.25, 0.3) is 0 Å². The average molecular weight is 162 g/mol. The first-order chi connectivity index (χ1) is 5.06. The molecule has 11 heavy (non-hydrogen) atoms. The van der Waals surface area contributed by atoms with Crippen LogP contribution in [-0.2, 0) is 14.3 Å². The third-order valence-electron chi connectivity index (χ3n) is 1.66. The van der Waals surface area contributed by atoms with Crippen LogP contribution in [0.4, 0.5) is 4.39 Å². The first-order valence-corrected chi connectivity index (χ1v) is 3.45. The van der Waals surface area contributed by atoms with Gasteiger partial charge in [-0.1, -0.05) is 0 Å². The van der Waals surface area contributed by atoms with E-state index in [0.717, 1.165) is 0 Å². The zero-order valence-corrected chi connectivity index (χ0v) is 6.59. The second-order valence-corrected chi connectivity index (χ2v) is 2.88. The number of cyclic esters (lactones) is 1. The number of ether oxygens (including phenoxy) is 2. The SMILES string of the molecule is COCC1C[C@@](C)(F)C(=O)O1. The van der Waals surface area contributed by atoms with E-state index in [2.05, 4.69) is 4.74 Å². The van der Waals surface area contributed by atoms with Gasteiger partial charge in [0.1, 0.15) is 6.10 Å². The quantitative estimate of drug-likeness (QED) is 0.560. The summed E-state index contributed by atoms with van der Waals surface area (Å²) in [6.07, 6.45) is -0.317. The van der Waals surface area contributed by atoms with Crippen molar-refractivity contribution in [3.8, 4) is 0 Å². The van der Waals surface area contributed by atoms with Gasteiger partial charge in [-0.05, 0) is 6.92 Å². The van der Waals surface area contributed by atoms with Gasteiger partial charge in [0.2, 0.25) is 5.67 Å². The molecule has 0 aromatic rings. The Morgan fingerprint density at radius 3 is 2.91 bits per heavy atom. The van der Waals surface area contributed by atoms with Gasteiger partial charge in [-0.15, -0.1) is 0 Å². The fraction of sp³-hybridized carbons (Fsp3) is 0.857. The highest BCUT2D eigenvalue weighted by atomic mass is 19.1. The lowest BCUT2D eigenvalue weighted by Crippen LogP contribution is -2.23. The average Bonchev–Trinajstić information content (AvgIpc) is 2.08. The normalized spacial score (nSPS) is 37.4. The van der Waals surface area contributed by atoms with Gasteiger partial charge >= 0.3 is 5.97 Å². The van der Waals surface area contributed by atoms with E-state index in [1.165, 1.54) is 14.0 Å². The molecule has 1 saturated heterocycles. The lowest BCUT2D eigenvalue weighted by atomic mass is 10.1. The van der Waals surface area contributed by atoms with Crippen molar-refractivity contribution < 1.29 is 18.7 Å². The third-order valence-corrected chi connectivity index (χ3v) is 1.66. The minimum Gasteiger partial charge on any atom is -0.457 e. The highest BCUT2D eigenvalue weighted by Crippen LogP contribution is 2.28. The third kappa shape index (κ3) is 1.68. The van der Waals surface area contributed by atoms with E-state index in [-0.39, 0.29) is 13.0 Å². The molecule has 0 saturated carbocycles. The van der Waals surface area contributed by atoms with Gasteiger partial charge in [0.05, 0.1) is 6.61 Å². The Kier molecular flexibility index (Phi) is 2.13. The lowest BCUT2D eigenvalue weighted by Gasteiger charge is -2.05. The molecule has 1 heterocycles. The molecule has 1 fully saturated rings. The van der Waals surface area contributed by atoms with Crippen LogP contribution in [-0.4, -0.2) is 31.5 Å². The van der Waals surface area contributed by atoms with Crippen molar-refractivity contribution in [2.75, 3.05) is 13.7 Å². The number of carbonyl (C=O) groups is 1. The molecule has 0 aliphatic carbocycles. The molecule has 0 aromatic carbocycles. The van der Waals surface area contributed by atoms with Crippen LogP contribution in [0.25, 0.3) is 0 Å². The Balaban J connectivity index is 2.50. The van der Waals surface area contributed by atoms with E-state index >= 15 is 0 Å². The predicted molar refractivity (Wildman–Crippen MR) is 35.9 cm³/mol. The van der Waals surface area contributed by atoms with E-state index in [0.29, 0.717) is 0 Å². The van der Waals surface area contributed by atoms with Gasteiger partial charge in [0, 0.05) is 13.5 Å². The van der Waals surface area contributed by atoms with Crippen LogP contribution in [0.1, 0.15) is 13.3 Å². The summed E-state index contributed by atoms with van der Waals surface area (Å²) in [6.45, 7) is 1.50. The molecule has 1 aliphatic rings. The standard InChI is InChI=1S/C7H11FO3/c1-7(8)3-5(4-10-2)11-6(7)9/h5H,3-4H2,1-2H3/t5?,7-/m1/s1. The smallest absolute Gasteiger partial charge is 0.344 e. The molecule has 0 N–H and O–H groups in total. The van der Waals surface area contributed by atoms with Crippen LogP contribution >= 0.6 is 0 Å². The number of carbonyl (C=O) groups excluding carboxylic acids is 1. The van der Waals surface area contributed by atoms with E-state index in [4.69, 9.17) is 4.74 Å². The highest BCUT2D eigenvalue weighted by molar-refractivity contribution is 5.81. The number of methoxy groups -OCH3 is 1. The summed E-state index contributed by atoms with van der Waals surface area (Å²) in [5.74, 6) is -0.778. The van der Waals surface area contributed by atoms with Crippen molar-refractivity contribution in [1.29, 1.82) is 0 Å². The summed E-state index contributed by atoms with van der Waals surface area (Å²) >= 11 is 0. The summed E-state index contributed by atoms with van der Waals surface area (Å²) in [6, 6.07) is 0. The van der Waals surface area contributed by atoms with Crippen molar-refractivity contribution in [3.63, 3.8) is 0 Å². The molecule has 1 rings (SSSR count). The maximum absolute atomic E-state index is 13.0. The molecule has 3 nitrogen and oxygen atoms in total. The molecule has 0 aromatic heterocycles. The number of rotatable bonds is 2. The number of alkyl halides is 1. The fourth-order valence-corrected chi connectivity index (χ4v) is 1.11. The Bertz CT molecular complexity index is 167. The molecule has 64 valence electrons. The summed E-state index contributed by atoms with van der Waals surface area (Å²) in [5, 5.41) is 0. The molecule has 1 aliphatic heterocycles. The molecule has 0 amide bonds. The minimum atomic E-state index is -1.82. The molecule has 0 bridgehead atoms. The van der Waals surface area contributed by atoms with E-state index < -0.39 is 17.7 Å². The Morgan fingerprint density at radius 2 is 2.55 bits per heavy atom.